The van der Waals surface area contributed by atoms with E-state index in [4.69, 9.17) is 7.85 Å². The molecule has 0 amide bonds. The van der Waals surface area contributed by atoms with E-state index in [1.165, 1.54) is 32.1 Å². The molecule has 5 atom stereocenters. The second-order valence-corrected chi connectivity index (χ2v) is 6.37. The van der Waals surface area contributed by atoms with E-state index in [1.807, 2.05) is 0 Å². The first-order valence-corrected chi connectivity index (χ1v) is 6.27. The van der Waals surface area contributed by atoms with Gasteiger partial charge in [0.25, 0.3) is 0 Å². The summed E-state index contributed by atoms with van der Waals surface area (Å²) in [6.07, 6.45) is 6.79. The first-order valence-electron chi connectivity index (χ1n) is 6.27. The molecule has 2 radical (unpaired) electrons. The highest BCUT2D eigenvalue weighted by Crippen LogP contribution is 2.53. The fourth-order valence-corrected chi connectivity index (χ4v) is 3.92. The molecule has 0 N–H and O–H groups in total. The highest BCUT2D eigenvalue weighted by molar-refractivity contribution is 6.14. The molecule has 0 nitrogen and oxygen atoms in total. The van der Waals surface area contributed by atoms with Crippen LogP contribution in [0.5, 0.6) is 0 Å². The molecule has 0 aliphatic heterocycles. The largest absolute Gasteiger partial charge is 0.0742 e. The minimum Gasteiger partial charge on any atom is -0.0685 e. The number of rotatable bonds is 0. The maximum Gasteiger partial charge on any atom is 0.0742 e. The molecule has 2 aliphatic carbocycles. The van der Waals surface area contributed by atoms with Crippen molar-refractivity contribution in [2.24, 2.45) is 23.7 Å². The number of hydrogen-bond acceptors (Lipinski definition) is 0. The lowest BCUT2D eigenvalue weighted by molar-refractivity contribution is 0.0660. The highest BCUT2D eigenvalue weighted by Gasteiger charge is 2.40. The lowest BCUT2D eigenvalue weighted by Crippen LogP contribution is -2.37. The van der Waals surface area contributed by atoms with E-state index in [0.29, 0.717) is 0 Å². The molecule has 1 heteroatoms. The molecular weight excluding hydrogens is 167 g/mol. The SMILES string of the molecule is [B]C1(C)CCC2CC(C)CC(C)C2C1. The molecule has 2 fully saturated rings. The van der Waals surface area contributed by atoms with Crippen LogP contribution in [-0.4, -0.2) is 7.85 Å². The van der Waals surface area contributed by atoms with Crippen LogP contribution in [0.4, 0.5) is 0 Å². The second kappa shape index (κ2) is 3.57. The predicted octanol–water partition coefficient (Wildman–Crippen LogP) is 3.82. The van der Waals surface area contributed by atoms with E-state index < -0.39 is 0 Å². The zero-order chi connectivity index (χ0) is 10.3. The van der Waals surface area contributed by atoms with Gasteiger partial charge in [0.15, 0.2) is 0 Å². The molecule has 14 heavy (non-hydrogen) atoms. The van der Waals surface area contributed by atoms with Crippen molar-refractivity contribution in [2.75, 3.05) is 0 Å². The average molecular weight is 190 g/mol. The van der Waals surface area contributed by atoms with E-state index in [9.17, 15) is 0 Å². The van der Waals surface area contributed by atoms with Gasteiger partial charge in [-0.1, -0.05) is 45.3 Å². The van der Waals surface area contributed by atoms with Crippen molar-refractivity contribution in [3.05, 3.63) is 0 Å². The molecule has 2 saturated carbocycles. The Hall–Kier alpha value is 0.0649. The summed E-state index contributed by atoms with van der Waals surface area (Å²) in [6.45, 7) is 7.10. The molecule has 0 aromatic carbocycles. The molecule has 0 bridgehead atoms. The van der Waals surface area contributed by atoms with E-state index in [1.54, 1.807) is 0 Å². The van der Waals surface area contributed by atoms with Gasteiger partial charge >= 0.3 is 0 Å². The van der Waals surface area contributed by atoms with E-state index in [0.717, 1.165) is 23.7 Å². The Labute approximate surface area is 90.3 Å². The molecule has 2 rings (SSSR count). The number of hydrogen-bond donors (Lipinski definition) is 0. The van der Waals surface area contributed by atoms with E-state index >= 15 is 0 Å². The van der Waals surface area contributed by atoms with Crippen molar-refractivity contribution in [3.8, 4) is 0 Å². The lowest BCUT2D eigenvalue weighted by atomic mass is 9.51. The van der Waals surface area contributed by atoms with Crippen LogP contribution in [0.25, 0.3) is 0 Å². The van der Waals surface area contributed by atoms with Crippen molar-refractivity contribution in [1.82, 2.24) is 0 Å². The molecule has 5 unspecified atom stereocenters. The van der Waals surface area contributed by atoms with Gasteiger partial charge in [0, 0.05) is 0 Å². The average Bonchev–Trinajstić information content (AvgIpc) is 2.06. The summed E-state index contributed by atoms with van der Waals surface area (Å²) in [5, 5.41) is 0.135. The summed E-state index contributed by atoms with van der Waals surface area (Å²) in [4.78, 5) is 0. The Morgan fingerprint density at radius 3 is 2.64 bits per heavy atom. The van der Waals surface area contributed by atoms with Crippen LogP contribution in [0.2, 0.25) is 5.31 Å². The predicted molar refractivity (Wildman–Crippen MR) is 62.5 cm³/mol. The second-order valence-electron chi connectivity index (χ2n) is 6.37. The van der Waals surface area contributed by atoms with Crippen LogP contribution < -0.4 is 0 Å². The third-order valence-electron chi connectivity index (χ3n) is 4.60. The monoisotopic (exact) mass is 190 g/mol. The molecule has 78 valence electrons. The Morgan fingerprint density at radius 1 is 1.21 bits per heavy atom. The van der Waals surface area contributed by atoms with Gasteiger partial charge in [-0.05, 0) is 36.5 Å². The first kappa shape index (κ1) is 10.6. The summed E-state index contributed by atoms with van der Waals surface area (Å²) >= 11 is 0. The molecular formula is C13H23B. The molecule has 0 saturated heterocycles. The van der Waals surface area contributed by atoms with Crippen LogP contribution in [0.15, 0.2) is 0 Å². The zero-order valence-electron chi connectivity index (χ0n) is 9.92. The van der Waals surface area contributed by atoms with E-state index in [-0.39, 0.29) is 5.31 Å². The fraction of sp³-hybridized carbons (Fsp3) is 1.00. The zero-order valence-corrected chi connectivity index (χ0v) is 9.92. The first-order chi connectivity index (χ1) is 6.48. The summed E-state index contributed by atoms with van der Waals surface area (Å²) in [5.74, 6) is 3.78. The third-order valence-corrected chi connectivity index (χ3v) is 4.60. The van der Waals surface area contributed by atoms with Gasteiger partial charge in [0.1, 0.15) is 0 Å². The van der Waals surface area contributed by atoms with Gasteiger partial charge < -0.3 is 0 Å². The fourth-order valence-electron chi connectivity index (χ4n) is 3.92. The van der Waals surface area contributed by atoms with Crippen molar-refractivity contribution in [1.29, 1.82) is 0 Å². The van der Waals surface area contributed by atoms with Crippen molar-refractivity contribution in [2.45, 2.75) is 58.2 Å². The molecule has 0 heterocycles. The Balaban J connectivity index is 2.06. The standard InChI is InChI=1S/C13H23B/c1-9-6-10(2)12-8-13(3,14)5-4-11(12)7-9/h9-12H,4-8H2,1-3H3. The smallest absolute Gasteiger partial charge is 0.0685 e. The quantitative estimate of drug-likeness (QED) is 0.509. The van der Waals surface area contributed by atoms with Gasteiger partial charge in [-0.25, -0.2) is 0 Å². The minimum atomic E-state index is 0.135. The van der Waals surface area contributed by atoms with Crippen LogP contribution in [0.3, 0.4) is 0 Å². The van der Waals surface area contributed by atoms with Crippen molar-refractivity contribution in [3.63, 3.8) is 0 Å². The molecule has 2 aliphatic rings. The summed E-state index contributed by atoms with van der Waals surface area (Å²) < 4.78 is 0. The van der Waals surface area contributed by atoms with Crippen LogP contribution in [-0.2, 0) is 0 Å². The molecule has 0 spiro atoms. The topological polar surface area (TPSA) is 0 Å². The summed E-state index contributed by atoms with van der Waals surface area (Å²) in [6, 6.07) is 0. The van der Waals surface area contributed by atoms with E-state index in [2.05, 4.69) is 20.8 Å². The Bertz CT molecular complexity index is 209. The maximum atomic E-state index is 6.28. The third kappa shape index (κ3) is 2.02. The van der Waals surface area contributed by atoms with Gasteiger partial charge in [-0.2, -0.15) is 0 Å². The van der Waals surface area contributed by atoms with Gasteiger partial charge in [-0.15, -0.1) is 0 Å². The van der Waals surface area contributed by atoms with Gasteiger partial charge in [0.05, 0.1) is 7.85 Å². The number of fused-ring (bicyclic) bond motifs is 1. The minimum absolute atomic E-state index is 0.135. The molecule has 0 aromatic rings. The highest BCUT2D eigenvalue weighted by atomic mass is 14.4. The lowest BCUT2D eigenvalue weighted by Gasteiger charge is -2.48. The van der Waals surface area contributed by atoms with Crippen LogP contribution in [0, 0.1) is 23.7 Å². The van der Waals surface area contributed by atoms with Crippen LogP contribution >= 0.6 is 0 Å². The normalized spacial score (nSPS) is 53.9. The maximum absolute atomic E-state index is 6.28. The van der Waals surface area contributed by atoms with Crippen molar-refractivity contribution >= 4 is 7.85 Å². The van der Waals surface area contributed by atoms with Gasteiger partial charge in [-0.3, -0.25) is 0 Å². The Morgan fingerprint density at radius 2 is 1.93 bits per heavy atom. The van der Waals surface area contributed by atoms with Gasteiger partial charge in [0.2, 0.25) is 0 Å². The van der Waals surface area contributed by atoms with Crippen molar-refractivity contribution < 1.29 is 0 Å². The summed E-state index contributed by atoms with van der Waals surface area (Å²) in [7, 11) is 6.28. The molecule has 0 aromatic heterocycles. The van der Waals surface area contributed by atoms with Crippen LogP contribution in [0.1, 0.15) is 52.9 Å². The Kier molecular flexibility index (Phi) is 2.70. The summed E-state index contributed by atoms with van der Waals surface area (Å²) in [5.41, 5.74) is 0.